The molecule has 1 heterocycles. The number of nitriles is 1. The number of anilines is 1. The molecule has 0 bridgehead atoms. The molecule has 0 amide bonds. The van der Waals surface area contributed by atoms with Gasteiger partial charge in [0, 0.05) is 23.4 Å². The molecule has 0 saturated heterocycles. The summed E-state index contributed by atoms with van der Waals surface area (Å²) in [6, 6.07) is 16.5. The van der Waals surface area contributed by atoms with Gasteiger partial charge in [0.2, 0.25) is 0 Å². The smallest absolute Gasteiger partial charge is 0.161 e. The predicted octanol–water partition coefficient (Wildman–Crippen LogP) is 4.92. The van der Waals surface area contributed by atoms with Gasteiger partial charge >= 0.3 is 0 Å². The monoisotopic (exact) mass is 383 g/mol. The fourth-order valence-corrected chi connectivity index (χ4v) is 4.54. The molecule has 4 nitrogen and oxygen atoms in total. The summed E-state index contributed by atoms with van der Waals surface area (Å²) in [7, 11) is 0. The number of ketones is 1. The summed E-state index contributed by atoms with van der Waals surface area (Å²) in [5.74, 6) is 0.147. The number of allylic oxidation sites excluding steroid dienone is 3. The number of nitrogens with two attached hydrogens (primary N) is 1. The van der Waals surface area contributed by atoms with Gasteiger partial charge in [0.1, 0.15) is 5.82 Å². The third kappa shape index (κ3) is 3.13. The maximum Gasteiger partial charge on any atom is 0.161 e. The molecule has 146 valence electrons. The van der Waals surface area contributed by atoms with Crippen LogP contribution in [-0.4, -0.2) is 5.78 Å². The second-order valence-corrected chi connectivity index (χ2v) is 8.01. The van der Waals surface area contributed by atoms with Crippen LogP contribution in [0, 0.1) is 32.1 Å². The summed E-state index contributed by atoms with van der Waals surface area (Å²) in [6.07, 6.45) is 2.09. The van der Waals surface area contributed by atoms with Crippen LogP contribution in [0.25, 0.3) is 0 Å². The molecule has 0 spiro atoms. The van der Waals surface area contributed by atoms with E-state index in [1.807, 2.05) is 62.1 Å². The highest BCUT2D eigenvalue weighted by molar-refractivity contribution is 6.01. The number of hydrogen-bond donors (Lipinski definition) is 1. The van der Waals surface area contributed by atoms with Gasteiger partial charge in [-0.2, -0.15) is 5.26 Å². The Balaban J connectivity index is 1.98. The van der Waals surface area contributed by atoms with Crippen molar-refractivity contribution < 1.29 is 4.79 Å². The van der Waals surface area contributed by atoms with Gasteiger partial charge in [-0.1, -0.05) is 41.5 Å². The second kappa shape index (κ2) is 7.25. The summed E-state index contributed by atoms with van der Waals surface area (Å²) in [6.45, 7) is 6.11. The third-order valence-electron chi connectivity index (χ3n) is 5.94. The van der Waals surface area contributed by atoms with Crippen molar-refractivity contribution in [1.82, 2.24) is 0 Å². The molecule has 0 aromatic heterocycles. The highest BCUT2D eigenvalue weighted by Crippen LogP contribution is 2.46. The topological polar surface area (TPSA) is 70.1 Å². The van der Waals surface area contributed by atoms with Gasteiger partial charge in [0.15, 0.2) is 5.78 Å². The summed E-state index contributed by atoms with van der Waals surface area (Å²) < 4.78 is 0. The van der Waals surface area contributed by atoms with Crippen LogP contribution in [0.3, 0.4) is 0 Å². The van der Waals surface area contributed by atoms with Crippen LogP contribution < -0.4 is 10.6 Å². The van der Waals surface area contributed by atoms with E-state index in [0.717, 1.165) is 52.1 Å². The molecule has 2 N–H and O–H groups in total. The quantitative estimate of drug-likeness (QED) is 0.799. The minimum atomic E-state index is -0.398. The normalized spacial score (nSPS) is 19.3. The lowest BCUT2D eigenvalue weighted by Gasteiger charge is -2.40. The SMILES string of the molecule is Cc1ccc(N2C(N)=C(C#N)[C@H](c3ccc(C)cc3C)C3=C2CCCC3=O)cc1. The van der Waals surface area contributed by atoms with Gasteiger partial charge < -0.3 is 5.73 Å². The number of carbonyl (C=O) groups is 1. The van der Waals surface area contributed by atoms with Crippen LogP contribution in [-0.2, 0) is 4.79 Å². The van der Waals surface area contributed by atoms with Gasteiger partial charge in [-0.3, -0.25) is 9.69 Å². The highest BCUT2D eigenvalue weighted by Gasteiger charge is 2.40. The molecular weight excluding hydrogens is 358 g/mol. The van der Waals surface area contributed by atoms with Gasteiger partial charge in [-0.05, 0) is 56.9 Å². The first-order chi connectivity index (χ1) is 13.9. The highest BCUT2D eigenvalue weighted by atomic mass is 16.1. The maximum absolute atomic E-state index is 13.1. The predicted molar refractivity (Wildman–Crippen MR) is 115 cm³/mol. The first-order valence-corrected chi connectivity index (χ1v) is 10.0. The largest absolute Gasteiger partial charge is 0.384 e. The van der Waals surface area contributed by atoms with Crippen molar-refractivity contribution in [3.8, 4) is 6.07 Å². The van der Waals surface area contributed by atoms with Crippen LogP contribution in [0.2, 0.25) is 0 Å². The lowest BCUT2D eigenvalue weighted by atomic mass is 9.74. The van der Waals surface area contributed by atoms with Gasteiger partial charge in [-0.25, -0.2) is 0 Å². The Bertz CT molecular complexity index is 1100. The Morgan fingerprint density at radius 1 is 1.03 bits per heavy atom. The number of Topliss-reactive ketones (excluding diaryl/α,β-unsaturated/α-hetero) is 1. The average molecular weight is 383 g/mol. The summed E-state index contributed by atoms with van der Waals surface area (Å²) in [5.41, 5.74) is 14.0. The van der Waals surface area contributed by atoms with Crippen LogP contribution >= 0.6 is 0 Å². The Kier molecular flexibility index (Phi) is 4.76. The van der Waals surface area contributed by atoms with Crippen LogP contribution in [0.5, 0.6) is 0 Å². The van der Waals surface area contributed by atoms with Crippen molar-refractivity contribution in [1.29, 1.82) is 5.26 Å². The van der Waals surface area contributed by atoms with Crippen molar-refractivity contribution in [2.75, 3.05) is 4.90 Å². The van der Waals surface area contributed by atoms with Crippen molar-refractivity contribution in [3.05, 3.63) is 87.4 Å². The zero-order valence-electron chi connectivity index (χ0n) is 17.1. The molecule has 0 saturated carbocycles. The zero-order valence-corrected chi connectivity index (χ0v) is 17.1. The van der Waals surface area contributed by atoms with Crippen LogP contribution in [0.15, 0.2) is 65.1 Å². The first kappa shape index (κ1) is 19.0. The molecule has 1 atom stereocenters. The molecule has 2 aromatic rings. The Morgan fingerprint density at radius 3 is 2.38 bits per heavy atom. The van der Waals surface area contributed by atoms with Crippen LogP contribution in [0.1, 0.15) is 47.4 Å². The van der Waals surface area contributed by atoms with Crippen LogP contribution in [0.4, 0.5) is 5.69 Å². The summed E-state index contributed by atoms with van der Waals surface area (Å²) in [4.78, 5) is 15.1. The number of benzene rings is 2. The lowest BCUT2D eigenvalue weighted by Crippen LogP contribution is -2.38. The van der Waals surface area contributed by atoms with E-state index in [1.54, 1.807) is 0 Å². The van der Waals surface area contributed by atoms with E-state index in [0.29, 0.717) is 17.8 Å². The fraction of sp³-hybridized carbons (Fsp3) is 0.280. The molecule has 4 rings (SSSR count). The summed E-state index contributed by atoms with van der Waals surface area (Å²) >= 11 is 0. The Morgan fingerprint density at radius 2 is 1.72 bits per heavy atom. The van der Waals surface area contributed by atoms with Crippen molar-refractivity contribution in [2.45, 2.75) is 46.0 Å². The number of carbonyl (C=O) groups excluding carboxylic acids is 1. The zero-order chi connectivity index (χ0) is 20.7. The second-order valence-electron chi connectivity index (χ2n) is 8.01. The average Bonchev–Trinajstić information content (AvgIpc) is 2.69. The van der Waals surface area contributed by atoms with E-state index in [-0.39, 0.29) is 5.78 Å². The molecule has 0 fully saturated rings. The minimum Gasteiger partial charge on any atom is -0.384 e. The number of aryl methyl sites for hydroxylation is 3. The fourth-order valence-electron chi connectivity index (χ4n) is 4.54. The maximum atomic E-state index is 13.1. The number of rotatable bonds is 2. The molecule has 29 heavy (non-hydrogen) atoms. The Labute approximate surface area is 171 Å². The van der Waals surface area contributed by atoms with E-state index in [1.165, 1.54) is 0 Å². The molecule has 0 radical (unpaired) electrons. The molecular formula is C25H25N3O. The lowest BCUT2D eigenvalue weighted by molar-refractivity contribution is -0.116. The van der Waals surface area contributed by atoms with Gasteiger partial charge in [0.05, 0.1) is 17.6 Å². The number of hydrogen-bond acceptors (Lipinski definition) is 4. The minimum absolute atomic E-state index is 0.119. The molecule has 2 aromatic carbocycles. The Hall–Kier alpha value is -3.32. The third-order valence-corrected chi connectivity index (χ3v) is 5.94. The van der Waals surface area contributed by atoms with E-state index < -0.39 is 5.92 Å². The molecule has 2 aliphatic rings. The van der Waals surface area contributed by atoms with E-state index in [9.17, 15) is 10.1 Å². The van der Waals surface area contributed by atoms with Crippen molar-refractivity contribution >= 4 is 11.5 Å². The van der Waals surface area contributed by atoms with Gasteiger partial charge in [0.25, 0.3) is 0 Å². The van der Waals surface area contributed by atoms with Crippen molar-refractivity contribution in [2.24, 2.45) is 5.73 Å². The molecule has 0 unspecified atom stereocenters. The molecule has 1 aliphatic carbocycles. The van der Waals surface area contributed by atoms with E-state index >= 15 is 0 Å². The summed E-state index contributed by atoms with van der Waals surface area (Å²) in [5, 5.41) is 10.1. The van der Waals surface area contributed by atoms with Gasteiger partial charge in [-0.15, -0.1) is 0 Å². The molecule has 1 aliphatic heterocycles. The standard InChI is InChI=1S/C25H25N3O/c1-15-7-10-18(11-8-15)28-21-5-4-6-22(29)24(21)23(20(14-26)25(28)27)19-12-9-16(2)13-17(19)3/h7-13,23H,4-6,27H2,1-3H3/t23-/m0/s1. The molecule has 4 heteroatoms. The van der Waals surface area contributed by atoms with E-state index in [4.69, 9.17) is 5.73 Å². The van der Waals surface area contributed by atoms with Crippen molar-refractivity contribution in [3.63, 3.8) is 0 Å². The number of nitrogens with zero attached hydrogens (tertiary/aromatic N) is 2. The first-order valence-electron chi connectivity index (χ1n) is 10.0. The van der Waals surface area contributed by atoms with E-state index in [2.05, 4.69) is 12.1 Å².